The third-order valence-corrected chi connectivity index (χ3v) is 7.49. The van der Waals surface area contributed by atoms with Crippen LogP contribution in [0.5, 0.6) is 0 Å². The molecule has 2 amide bonds. The van der Waals surface area contributed by atoms with Gasteiger partial charge in [0, 0.05) is 43.6 Å². The Morgan fingerprint density at radius 2 is 1.72 bits per heavy atom. The third kappa shape index (κ3) is 5.25. The molecule has 2 aliphatic heterocycles. The van der Waals surface area contributed by atoms with E-state index in [1.165, 1.54) is 11.1 Å². The smallest absolute Gasteiger partial charge is 0.254 e. The van der Waals surface area contributed by atoms with E-state index < -0.39 is 0 Å². The van der Waals surface area contributed by atoms with E-state index in [1.54, 1.807) is 6.20 Å². The number of nitrogens with one attached hydrogen (secondary N) is 1. The first-order valence-corrected chi connectivity index (χ1v) is 12.8. The Morgan fingerprint density at radius 1 is 0.944 bits per heavy atom. The predicted octanol–water partition coefficient (Wildman–Crippen LogP) is 4.58. The van der Waals surface area contributed by atoms with E-state index in [4.69, 9.17) is 0 Å². The standard InChI is InChI=1S/C29H33N5O2/c1-20-5-10-26(21(2)18-20)29(36)33-15-11-23(12-16-33)22-6-8-25(9-7-22)31-28(35)24-13-17-34(19-24)27-4-3-14-30-32-27/h3-10,14,18,23-24H,11-13,15-17,19H2,1-2H3,(H,31,35)/t24-/m0/s1. The second-order valence-electron chi connectivity index (χ2n) is 10.0. The minimum Gasteiger partial charge on any atom is -0.354 e. The first kappa shape index (κ1) is 24.0. The van der Waals surface area contributed by atoms with E-state index in [9.17, 15) is 9.59 Å². The lowest BCUT2D eigenvalue weighted by molar-refractivity contribution is -0.119. The number of aryl methyl sites for hydroxylation is 2. The molecule has 0 radical (unpaired) electrons. The second kappa shape index (κ2) is 10.5. The van der Waals surface area contributed by atoms with Crippen LogP contribution in [-0.2, 0) is 4.79 Å². The number of hydrogen-bond acceptors (Lipinski definition) is 5. The largest absolute Gasteiger partial charge is 0.354 e. The summed E-state index contributed by atoms with van der Waals surface area (Å²) in [5, 5.41) is 11.2. The lowest BCUT2D eigenvalue weighted by Gasteiger charge is -2.32. The Morgan fingerprint density at radius 3 is 2.42 bits per heavy atom. The lowest BCUT2D eigenvalue weighted by atomic mass is 9.89. The molecular weight excluding hydrogens is 450 g/mol. The second-order valence-corrected chi connectivity index (χ2v) is 10.0. The molecule has 2 fully saturated rings. The molecule has 0 bridgehead atoms. The van der Waals surface area contributed by atoms with Crippen molar-refractivity contribution in [3.05, 3.63) is 83.0 Å². The summed E-state index contributed by atoms with van der Waals surface area (Å²) < 4.78 is 0. The SMILES string of the molecule is Cc1ccc(C(=O)N2CCC(c3ccc(NC(=O)[C@H]4CCN(c5cccnn5)C4)cc3)CC2)c(C)c1. The van der Waals surface area contributed by atoms with Gasteiger partial charge in [-0.05, 0) is 80.5 Å². The molecule has 0 spiro atoms. The summed E-state index contributed by atoms with van der Waals surface area (Å²) in [6.07, 6.45) is 4.35. The van der Waals surface area contributed by atoms with Gasteiger partial charge in [-0.2, -0.15) is 5.10 Å². The first-order valence-electron chi connectivity index (χ1n) is 12.8. The number of carbonyl (C=O) groups is 2. The van der Waals surface area contributed by atoms with Crippen LogP contribution in [0, 0.1) is 19.8 Å². The van der Waals surface area contributed by atoms with Crippen LogP contribution in [0.1, 0.15) is 52.2 Å². The van der Waals surface area contributed by atoms with Crippen LogP contribution in [0.25, 0.3) is 0 Å². The summed E-state index contributed by atoms with van der Waals surface area (Å²) in [5.74, 6) is 1.36. The molecule has 2 aliphatic rings. The van der Waals surface area contributed by atoms with E-state index in [1.807, 2.05) is 55.1 Å². The Bertz CT molecular complexity index is 1220. The van der Waals surface area contributed by atoms with Crippen molar-refractivity contribution in [2.24, 2.45) is 5.92 Å². The van der Waals surface area contributed by atoms with Gasteiger partial charge in [-0.25, -0.2) is 0 Å². The molecule has 2 saturated heterocycles. The molecule has 3 aromatic rings. The molecule has 5 rings (SSSR count). The number of rotatable bonds is 5. The van der Waals surface area contributed by atoms with Crippen LogP contribution < -0.4 is 10.2 Å². The average Bonchev–Trinajstić information content (AvgIpc) is 3.40. The summed E-state index contributed by atoms with van der Waals surface area (Å²) in [5.41, 5.74) is 5.11. The molecule has 36 heavy (non-hydrogen) atoms. The van der Waals surface area contributed by atoms with Gasteiger partial charge in [0.15, 0.2) is 5.82 Å². The normalized spacial score (nSPS) is 18.3. The molecule has 1 aromatic heterocycles. The van der Waals surface area contributed by atoms with Gasteiger partial charge in [-0.3, -0.25) is 9.59 Å². The number of likely N-dealkylation sites (tertiary alicyclic amines) is 1. The van der Waals surface area contributed by atoms with Gasteiger partial charge in [0.1, 0.15) is 0 Å². The molecule has 7 nitrogen and oxygen atoms in total. The van der Waals surface area contributed by atoms with Crippen molar-refractivity contribution in [3.63, 3.8) is 0 Å². The number of hydrogen-bond donors (Lipinski definition) is 1. The number of piperidine rings is 1. The molecule has 0 unspecified atom stereocenters. The highest BCUT2D eigenvalue weighted by Gasteiger charge is 2.29. The van der Waals surface area contributed by atoms with Crippen LogP contribution in [0.4, 0.5) is 11.5 Å². The zero-order valence-electron chi connectivity index (χ0n) is 21.0. The fraction of sp³-hybridized carbons (Fsp3) is 0.379. The molecule has 1 N–H and O–H groups in total. The van der Waals surface area contributed by atoms with Gasteiger partial charge < -0.3 is 15.1 Å². The van der Waals surface area contributed by atoms with Crippen molar-refractivity contribution in [3.8, 4) is 0 Å². The number of benzene rings is 2. The number of aromatic nitrogens is 2. The monoisotopic (exact) mass is 483 g/mol. The highest BCUT2D eigenvalue weighted by molar-refractivity contribution is 5.96. The Hall–Kier alpha value is -3.74. The molecule has 1 atom stereocenters. The average molecular weight is 484 g/mol. The molecule has 3 heterocycles. The van der Waals surface area contributed by atoms with Gasteiger partial charge in [0.2, 0.25) is 5.91 Å². The van der Waals surface area contributed by atoms with Gasteiger partial charge in [-0.1, -0.05) is 29.8 Å². The Balaban J connectivity index is 1.13. The van der Waals surface area contributed by atoms with Crippen LogP contribution in [0.3, 0.4) is 0 Å². The van der Waals surface area contributed by atoms with Gasteiger partial charge in [0.05, 0.1) is 5.92 Å². The minimum atomic E-state index is -0.0642. The maximum absolute atomic E-state index is 13.0. The maximum Gasteiger partial charge on any atom is 0.254 e. The van der Waals surface area contributed by atoms with Gasteiger partial charge in [0.25, 0.3) is 5.91 Å². The number of anilines is 2. The first-order chi connectivity index (χ1) is 17.5. The molecule has 2 aromatic carbocycles. The third-order valence-electron chi connectivity index (χ3n) is 7.49. The van der Waals surface area contributed by atoms with Crippen molar-refractivity contribution >= 4 is 23.3 Å². The van der Waals surface area contributed by atoms with Crippen LogP contribution in [-0.4, -0.2) is 53.1 Å². The van der Waals surface area contributed by atoms with E-state index in [0.717, 1.165) is 61.5 Å². The molecule has 0 saturated carbocycles. The van der Waals surface area contributed by atoms with Crippen LogP contribution in [0.15, 0.2) is 60.8 Å². The zero-order valence-corrected chi connectivity index (χ0v) is 21.0. The van der Waals surface area contributed by atoms with Crippen molar-refractivity contribution in [1.82, 2.24) is 15.1 Å². The van der Waals surface area contributed by atoms with Gasteiger partial charge in [-0.15, -0.1) is 5.10 Å². The number of nitrogens with zero attached hydrogens (tertiary/aromatic N) is 4. The highest BCUT2D eigenvalue weighted by Crippen LogP contribution is 2.30. The number of carbonyl (C=O) groups excluding carboxylic acids is 2. The topological polar surface area (TPSA) is 78.4 Å². The van der Waals surface area contributed by atoms with E-state index in [2.05, 4.69) is 38.6 Å². The van der Waals surface area contributed by atoms with Gasteiger partial charge >= 0.3 is 0 Å². The van der Waals surface area contributed by atoms with Crippen molar-refractivity contribution in [2.75, 3.05) is 36.4 Å². The fourth-order valence-corrected chi connectivity index (χ4v) is 5.37. The maximum atomic E-state index is 13.0. The predicted molar refractivity (Wildman–Crippen MR) is 141 cm³/mol. The van der Waals surface area contributed by atoms with E-state index in [0.29, 0.717) is 12.5 Å². The summed E-state index contributed by atoms with van der Waals surface area (Å²) in [6.45, 7) is 7.04. The fourth-order valence-electron chi connectivity index (χ4n) is 5.37. The molecule has 0 aliphatic carbocycles. The van der Waals surface area contributed by atoms with Crippen LogP contribution >= 0.6 is 0 Å². The number of amides is 2. The summed E-state index contributed by atoms with van der Waals surface area (Å²) in [4.78, 5) is 29.9. The summed E-state index contributed by atoms with van der Waals surface area (Å²) >= 11 is 0. The highest BCUT2D eigenvalue weighted by atomic mass is 16.2. The summed E-state index contributed by atoms with van der Waals surface area (Å²) in [6, 6.07) is 18.0. The Kier molecular flexibility index (Phi) is 6.98. The quantitative estimate of drug-likeness (QED) is 0.575. The minimum absolute atomic E-state index is 0.0485. The molecular formula is C29H33N5O2. The zero-order chi connectivity index (χ0) is 25.1. The Labute approximate surface area is 212 Å². The molecule has 7 heteroatoms. The van der Waals surface area contributed by atoms with E-state index >= 15 is 0 Å². The van der Waals surface area contributed by atoms with Crippen LogP contribution in [0.2, 0.25) is 0 Å². The lowest BCUT2D eigenvalue weighted by Crippen LogP contribution is -2.38. The van der Waals surface area contributed by atoms with E-state index in [-0.39, 0.29) is 17.7 Å². The van der Waals surface area contributed by atoms with Crippen molar-refractivity contribution in [2.45, 2.75) is 39.0 Å². The van der Waals surface area contributed by atoms with Crippen molar-refractivity contribution in [1.29, 1.82) is 0 Å². The summed E-state index contributed by atoms with van der Waals surface area (Å²) in [7, 11) is 0. The van der Waals surface area contributed by atoms with Crippen molar-refractivity contribution < 1.29 is 9.59 Å². The molecule has 186 valence electrons.